The van der Waals surface area contributed by atoms with Crippen molar-refractivity contribution in [2.75, 3.05) is 6.54 Å². The predicted molar refractivity (Wildman–Crippen MR) is 102 cm³/mol. The van der Waals surface area contributed by atoms with E-state index in [1.165, 1.54) is 0 Å². The molecule has 3 rings (SSSR count). The van der Waals surface area contributed by atoms with E-state index in [-0.39, 0.29) is 6.61 Å². The summed E-state index contributed by atoms with van der Waals surface area (Å²) in [4.78, 5) is 11.7. The molecule has 26 heavy (non-hydrogen) atoms. The molecule has 0 fully saturated rings. The number of hydrogen-bond donors (Lipinski definition) is 1. The van der Waals surface area contributed by atoms with Gasteiger partial charge in [-0.15, -0.1) is 0 Å². The number of rotatable bonds is 6. The molecule has 0 unspecified atom stereocenters. The number of amides is 1. The molecule has 0 spiro atoms. The molecule has 0 aliphatic rings. The Morgan fingerprint density at radius 2 is 1.81 bits per heavy atom. The molecule has 0 bridgehead atoms. The standard InChI is InChI=1S/C21H21N3O2/c1-17-19(15-24(23-17)20-12-6-3-7-13-20)11-8-14-22-21(25)26-16-18-9-4-2-5-10-18/h2-13,15H,14,16H2,1H3,(H,22,25). The first kappa shape index (κ1) is 17.5. The third-order valence-electron chi connectivity index (χ3n) is 3.83. The number of aromatic nitrogens is 2. The summed E-state index contributed by atoms with van der Waals surface area (Å²) in [6.07, 6.45) is 5.35. The van der Waals surface area contributed by atoms with Gasteiger partial charge in [0.15, 0.2) is 0 Å². The van der Waals surface area contributed by atoms with Crippen molar-refractivity contribution in [1.29, 1.82) is 0 Å². The first-order valence-electron chi connectivity index (χ1n) is 8.45. The number of carbonyl (C=O) groups is 1. The van der Waals surface area contributed by atoms with Crippen LogP contribution < -0.4 is 5.32 Å². The number of benzene rings is 2. The van der Waals surface area contributed by atoms with Crippen LogP contribution in [-0.2, 0) is 11.3 Å². The highest BCUT2D eigenvalue weighted by Gasteiger charge is 2.04. The minimum Gasteiger partial charge on any atom is -0.445 e. The highest BCUT2D eigenvalue weighted by molar-refractivity contribution is 5.67. The molecule has 0 saturated carbocycles. The van der Waals surface area contributed by atoms with E-state index in [0.29, 0.717) is 6.54 Å². The van der Waals surface area contributed by atoms with Crippen LogP contribution >= 0.6 is 0 Å². The van der Waals surface area contributed by atoms with E-state index in [4.69, 9.17) is 4.74 Å². The number of hydrogen-bond acceptors (Lipinski definition) is 3. The minimum atomic E-state index is -0.435. The Morgan fingerprint density at radius 3 is 2.54 bits per heavy atom. The van der Waals surface area contributed by atoms with E-state index in [1.807, 2.05) is 90.6 Å². The summed E-state index contributed by atoms with van der Waals surface area (Å²) in [5, 5.41) is 7.22. The van der Waals surface area contributed by atoms with E-state index in [1.54, 1.807) is 0 Å². The lowest BCUT2D eigenvalue weighted by atomic mass is 10.2. The average molecular weight is 347 g/mol. The van der Waals surface area contributed by atoms with Crippen molar-refractivity contribution in [3.8, 4) is 5.69 Å². The van der Waals surface area contributed by atoms with Crippen LogP contribution in [0.3, 0.4) is 0 Å². The zero-order valence-electron chi connectivity index (χ0n) is 14.6. The number of para-hydroxylation sites is 1. The minimum absolute atomic E-state index is 0.263. The van der Waals surface area contributed by atoms with Gasteiger partial charge in [0, 0.05) is 18.3 Å². The summed E-state index contributed by atoms with van der Waals surface area (Å²) in [5.41, 5.74) is 3.91. The van der Waals surface area contributed by atoms with Gasteiger partial charge in [0.1, 0.15) is 6.61 Å². The Balaban J connectivity index is 1.48. The second-order valence-electron chi connectivity index (χ2n) is 5.79. The Morgan fingerprint density at radius 1 is 1.12 bits per heavy atom. The van der Waals surface area contributed by atoms with Crippen molar-refractivity contribution in [3.05, 3.63) is 89.8 Å². The summed E-state index contributed by atoms with van der Waals surface area (Å²) in [6.45, 7) is 2.61. The van der Waals surface area contributed by atoms with Gasteiger partial charge in [-0.05, 0) is 24.6 Å². The van der Waals surface area contributed by atoms with E-state index in [9.17, 15) is 4.79 Å². The quantitative estimate of drug-likeness (QED) is 0.730. The average Bonchev–Trinajstić information content (AvgIpc) is 3.06. The van der Waals surface area contributed by atoms with Gasteiger partial charge in [0.25, 0.3) is 0 Å². The Hall–Kier alpha value is -3.34. The number of aryl methyl sites for hydroxylation is 1. The van der Waals surface area contributed by atoms with Crippen LogP contribution in [0.25, 0.3) is 11.8 Å². The maximum absolute atomic E-state index is 11.7. The number of carbonyl (C=O) groups excluding carboxylic acids is 1. The van der Waals surface area contributed by atoms with Gasteiger partial charge >= 0.3 is 6.09 Å². The Labute approximate surface area is 152 Å². The van der Waals surface area contributed by atoms with Gasteiger partial charge in [-0.25, -0.2) is 9.48 Å². The fraction of sp³-hybridized carbons (Fsp3) is 0.143. The van der Waals surface area contributed by atoms with Crippen molar-refractivity contribution in [2.24, 2.45) is 0 Å². The maximum atomic E-state index is 11.7. The van der Waals surface area contributed by atoms with Crippen LogP contribution in [-0.4, -0.2) is 22.4 Å². The summed E-state index contributed by atoms with van der Waals surface area (Å²) in [7, 11) is 0. The smallest absolute Gasteiger partial charge is 0.407 e. The fourth-order valence-corrected chi connectivity index (χ4v) is 2.45. The van der Waals surface area contributed by atoms with Crippen LogP contribution in [0.2, 0.25) is 0 Å². The molecule has 5 heteroatoms. The number of nitrogens with one attached hydrogen (secondary N) is 1. The number of alkyl carbamates (subject to hydrolysis) is 1. The zero-order valence-corrected chi connectivity index (χ0v) is 14.6. The van der Waals surface area contributed by atoms with Crippen LogP contribution in [0.4, 0.5) is 4.79 Å². The third-order valence-corrected chi connectivity index (χ3v) is 3.83. The van der Waals surface area contributed by atoms with Crippen LogP contribution in [0.15, 0.2) is 72.9 Å². The van der Waals surface area contributed by atoms with Crippen molar-refractivity contribution in [2.45, 2.75) is 13.5 Å². The molecule has 0 aliphatic carbocycles. The summed E-state index contributed by atoms with van der Waals surface area (Å²) in [5.74, 6) is 0. The predicted octanol–water partition coefficient (Wildman–Crippen LogP) is 4.12. The van der Waals surface area contributed by atoms with Gasteiger partial charge in [0.2, 0.25) is 0 Å². The second-order valence-corrected chi connectivity index (χ2v) is 5.79. The van der Waals surface area contributed by atoms with Gasteiger partial charge in [0.05, 0.1) is 11.4 Å². The molecular weight excluding hydrogens is 326 g/mol. The third kappa shape index (κ3) is 4.83. The van der Waals surface area contributed by atoms with E-state index < -0.39 is 6.09 Å². The lowest BCUT2D eigenvalue weighted by molar-refractivity contribution is 0.141. The SMILES string of the molecule is Cc1nn(-c2ccccc2)cc1C=CCNC(=O)OCc1ccccc1. The molecule has 1 amide bonds. The number of ether oxygens (including phenoxy) is 1. The lowest BCUT2D eigenvalue weighted by Crippen LogP contribution is -2.24. The van der Waals surface area contributed by atoms with Crippen LogP contribution in [0, 0.1) is 6.92 Å². The second kappa shape index (κ2) is 8.67. The molecular formula is C21H21N3O2. The van der Waals surface area contributed by atoms with Gasteiger partial charge < -0.3 is 10.1 Å². The Kier molecular flexibility index (Phi) is 5.83. The lowest BCUT2D eigenvalue weighted by Gasteiger charge is -2.05. The number of nitrogens with zero attached hydrogens (tertiary/aromatic N) is 2. The van der Waals surface area contributed by atoms with Crippen LogP contribution in [0.1, 0.15) is 16.8 Å². The molecule has 0 aliphatic heterocycles. The van der Waals surface area contributed by atoms with Gasteiger partial charge in [-0.3, -0.25) is 0 Å². The molecule has 1 aromatic heterocycles. The summed E-state index contributed by atoms with van der Waals surface area (Å²) < 4.78 is 7.01. The molecule has 0 atom stereocenters. The van der Waals surface area contributed by atoms with Crippen LogP contribution in [0.5, 0.6) is 0 Å². The highest BCUT2D eigenvalue weighted by Crippen LogP contribution is 2.12. The zero-order chi connectivity index (χ0) is 18.2. The fourth-order valence-electron chi connectivity index (χ4n) is 2.45. The Bertz CT molecular complexity index is 871. The molecule has 0 radical (unpaired) electrons. The first-order valence-corrected chi connectivity index (χ1v) is 8.45. The molecule has 1 N–H and O–H groups in total. The van der Waals surface area contributed by atoms with Crippen molar-refractivity contribution in [3.63, 3.8) is 0 Å². The highest BCUT2D eigenvalue weighted by atomic mass is 16.5. The normalized spacial score (nSPS) is 10.8. The summed E-state index contributed by atoms with van der Waals surface area (Å²) in [6, 6.07) is 19.5. The van der Waals surface area contributed by atoms with E-state index >= 15 is 0 Å². The first-order chi connectivity index (χ1) is 12.7. The largest absolute Gasteiger partial charge is 0.445 e. The summed E-state index contributed by atoms with van der Waals surface area (Å²) >= 11 is 0. The maximum Gasteiger partial charge on any atom is 0.407 e. The molecule has 3 aromatic rings. The topological polar surface area (TPSA) is 56.2 Å². The van der Waals surface area contributed by atoms with Gasteiger partial charge in [-0.1, -0.05) is 60.7 Å². The molecule has 132 valence electrons. The monoisotopic (exact) mass is 347 g/mol. The van der Waals surface area contributed by atoms with Crippen molar-refractivity contribution < 1.29 is 9.53 Å². The van der Waals surface area contributed by atoms with E-state index in [2.05, 4.69) is 10.4 Å². The van der Waals surface area contributed by atoms with Crippen molar-refractivity contribution in [1.82, 2.24) is 15.1 Å². The van der Waals surface area contributed by atoms with E-state index in [0.717, 1.165) is 22.5 Å². The molecule has 0 saturated heterocycles. The van der Waals surface area contributed by atoms with Crippen molar-refractivity contribution >= 4 is 12.2 Å². The molecule has 2 aromatic carbocycles. The molecule has 5 nitrogen and oxygen atoms in total. The van der Waals surface area contributed by atoms with Gasteiger partial charge in [-0.2, -0.15) is 5.10 Å². The molecule has 1 heterocycles.